The molecule has 1 amide bonds. The Labute approximate surface area is 162 Å². The van der Waals surface area contributed by atoms with E-state index in [9.17, 15) is 9.59 Å². The summed E-state index contributed by atoms with van der Waals surface area (Å²) in [7, 11) is 0. The molecule has 0 saturated heterocycles. The zero-order chi connectivity index (χ0) is 19.5. The van der Waals surface area contributed by atoms with Crippen molar-refractivity contribution in [2.75, 3.05) is 11.9 Å². The van der Waals surface area contributed by atoms with Crippen molar-refractivity contribution in [1.82, 2.24) is 10.3 Å². The lowest BCUT2D eigenvalue weighted by Crippen LogP contribution is -2.35. The van der Waals surface area contributed by atoms with Gasteiger partial charge in [-0.25, -0.2) is 4.98 Å². The number of unbranched alkanes of at least 4 members (excludes halogenated alkanes) is 2. The van der Waals surface area contributed by atoms with E-state index < -0.39 is 5.97 Å². The third-order valence-electron chi connectivity index (χ3n) is 4.99. The molecule has 1 aliphatic rings. The summed E-state index contributed by atoms with van der Waals surface area (Å²) in [4.78, 5) is 27.4. The number of carbonyl (C=O) groups is 2. The Bertz CT molecular complexity index is 619. The zero-order valence-electron chi connectivity index (χ0n) is 16.4. The fraction of sp³-hybridized carbons (Fsp3) is 0.667. The van der Waals surface area contributed by atoms with Gasteiger partial charge in [-0.15, -0.1) is 0 Å². The lowest BCUT2D eigenvalue weighted by Gasteiger charge is -2.20. The molecular weight excluding hydrogens is 342 g/mol. The zero-order valence-corrected chi connectivity index (χ0v) is 16.4. The number of nitrogens with one attached hydrogen (secondary N) is 2. The number of hydrogen-bond donors (Lipinski definition) is 3. The highest BCUT2D eigenvalue weighted by Gasteiger charge is 2.14. The van der Waals surface area contributed by atoms with Crippen LogP contribution in [0, 0.1) is 0 Å². The summed E-state index contributed by atoms with van der Waals surface area (Å²) in [5, 5.41) is 15.2. The van der Waals surface area contributed by atoms with E-state index in [4.69, 9.17) is 10.1 Å². The van der Waals surface area contributed by atoms with Gasteiger partial charge in [-0.3, -0.25) is 9.59 Å². The van der Waals surface area contributed by atoms with Crippen molar-refractivity contribution in [2.24, 2.45) is 0 Å². The first-order valence-electron chi connectivity index (χ1n) is 10.3. The van der Waals surface area contributed by atoms with Crippen molar-refractivity contribution in [3.8, 4) is 0 Å². The number of carboxylic acids is 1. The molecule has 1 atom stereocenters. The highest BCUT2D eigenvalue weighted by atomic mass is 16.4. The lowest BCUT2D eigenvalue weighted by molar-refractivity contribution is -0.137. The van der Waals surface area contributed by atoms with Crippen LogP contribution in [-0.2, 0) is 22.4 Å². The van der Waals surface area contributed by atoms with Gasteiger partial charge in [-0.2, -0.15) is 0 Å². The molecule has 2 heterocycles. The summed E-state index contributed by atoms with van der Waals surface area (Å²) in [5.74, 6) is 0.377. The molecule has 27 heavy (non-hydrogen) atoms. The average Bonchev–Trinajstić information content (AvgIpc) is 2.65. The van der Waals surface area contributed by atoms with Crippen molar-refractivity contribution in [2.45, 2.75) is 83.6 Å². The van der Waals surface area contributed by atoms with Crippen LogP contribution < -0.4 is 10.6 Å². The number of aliphatic carboxylic acids is 1. The van der Waals surface area contributed by atoms with Crippen molar-refractivity contribution in [1.29, 1.82) is 0 Å². The van der Waals surface area contributed by atoms with Gasteiger partial charge in [0.15, 0.2) is 0 Å². The minimum Gasteiger partial charge on any atom is -0.481 e. The number of carbonyl (C=O) groups excluding carboxylic acids is 1. The van der Waals surface area contributed by atoms with E-state index in [0.29, 0.717) is 12.8 Å². The van der Waals surface area contributed by atoms with E-state index in [1.165, 1.54) is 5.56 Å². The van der Waals surface area contributed by atoms with Crippen LogP contribution in [0.5, 0.6) is 0 Å². The highest BCUT2D eigenvalue weighted by Crippen LogP contribution is 2.20. The van der Waals surface area contributed by atoms with Crippen LogP contribution in [0.3, 0.4) is 0 Å². The fourth-order valence-electron chi connectivity index (χ4n) is 3.49. The Morgan fingerprint density at radius 1 is 1.22 bits per heavy atom. The molecule has 0 radical (unpaired) electrons. The summed E-state index contributed by atoms with van der Waals surface area (Å²) in [6.07, 6.45) is 8.95. The molecule has 0 spiro atoms. The average molecular weight is 376 g/mol. The number of aryl methyl sites for hydroxylation is 2. The number of hydrogen-bond acceptors (Lipinski definition) is 4. The third-order valence-corrected chi connectivity index (χ3v) is 4.99. The van der Waals surface area contributed by atoms with Crippen LogP contribution in [0.2, 0.25) is 0 Å². The summed E-state index contributed by atoms with van der Waals surface area (Å²) in [6.45, 7) is 2.99. The molecular formula is C21H33N3O3. The molecule has 2 rings (SSSR count). The first kappa shape index (κ1) is 21.2. The number of fused-ring (bicyclic) bond motifs is 1. The van der Waals surface area contributed by atoms with E-state index in [2.05, 4.69) is 22.8 Å². The van der Waals surface area contributed by atoms with Gasteiger partial charge in [0.05, 0.1) is 0 Å². The number of amides is 1. The number of pyridine rings is 1. The number of anilines is 1. The molecule has 0 fully saturated rings. The van der Waals surface area contributed by atoms with E-state index in [1.54, 1.807) is 0 Å². The molecule has 1 aromatic rings. The molecule has 0 aliphatic carbocycles. The van der Waals surface area contributed by atoms with Gasteiger partial charge in [-0.1, -0.05) is 25.8 Å². The first-order valence-corrected chi connectivity index (χ1v) is 10.3. The van der Waals surface area contributed by atoms with Crippen molar-refractivity contribution in [3.05, 3.63) is 23.4 Å². The summed E-state index contributed by atoms with van der Waals surface area (Å²) >= 11 is 0. The predicted octanol–water partition coefficient (Wildman–Crippen LogP) is 3.69. The van der Waals surface area contributed by atoms with Crippen molar-refractivity contribution in [3.63, 3.8) is 0 Å². The number of rotatable bonds is 12. The summed E-state index contributed by atoms with van der Waals surface area (Å²) in [6, 6.07) is 4.39. The summed E-state index contributed by atoms with van der Waals surface area (Å²) < 4.78 is 0. The standard InChI is InChI=1S/C21H33N3O3/c1-2-7-19(25)23-17(9-4-3-5-10-20(26)27)13-14-18-12-11-16-8-6-15-22-21(16)24-18/h11-12,17H,2-10,13-15H2,1H3,(H,22,24)(H,23,25)(H,26,27). The molecule has 150 valence electrons. The lowest BCUT2D eigenvalue weighted by atomic mass is 10.0. The number of aromatic nitrogens is 1. The van der Waals surface area contributed by atoms with Gasteiger partial charge in [-0.05, 0) is 56.6 Å². The molecule has 1 aliphatic heterocycles. The Morgan fingerprint density at radius 3 is 2.85 bits per heavy atom. The first-order chi connectivity index (χ1) is 13.1. The van der Waals surface area contributed by atoms with Gasteiger partial charge in [0.2, 0.25) is 5.91 Å². The Balaban J connectivity index is 1.84. The molecule has 0 bridgehead atoms. The van der Waals surface area contributed by atoms with Crippen molar-refractivity contribution < 1.29 is 14.7 Å². The van der Waals surface area contributed by atoms with Gasteiger partial charge in [0.1, 0.15) is 5.82 Å². The van der Waals surface area contributed by atoms with Crippen LogP contribution in [0.15, 0.2) is 12.1 Å². The second-order valence-corrected chi connectivity index (χ2v) is 7.39. The third kappa shape index (κ3) is 7.97. The van der Waals surface area contributed by atoms with E-state index >= 15 is 0 Å². The van der Waals surface area contributed by atoms with Gasteiger partial charge in [0, 0.05) is 31.1 Å². The van der Waals surface area contributed by atoms with E-state index in [1.807, 2.05) is 6.92 Å². The minimum absolute atomic E-state index is 0.105. The van der Waals surface area contributed by atoms with Crippen LogP contribution in [-0.4, -0.2) is 34.6 Å². The molecule has 0 aromatic carbocycles. The fourth-order valence-corrected chi connectivity index (χ4v) is 3.49. The molecule has 1 unspecified atom stereocenters. The summed E-state index contributed by atoms with van der Waals surface area (Å²) in [5.41, 5.74) is 2.35. The Kier molecular flexibility index (Phi) is 9.08. The SMILES string of the molecule is CCCC(=O)NC(CCCCCC(=O)O)CCc1ccc2c(n1)NCCC2. The van der Waals surface area contributed by atoms with Crippen molar-refractivity contribution >= 4 is 17.7 Å². The quantitative estimate of drug-likeness (QED) is 0.485. The number of nitrogens with zero attached hydrogens (tertiary/aromatic N) is 1. The maximum absolute atomic E-state index is 12.0. The van der Waals surface area contributed by atoms with Gasteiger partial charge >= 0.3 is 5.97 Å². The Morgan fingerprint density at radius 2 is 2.07 bits per heavy atom. The van der Waals surface area contributed by atoms with Crippen LogP contribution in [0.25, 0.3) is 0 Å². The Hall–Kier alpha value is -2.11. The highest BCUT2D eigenvalue weighted by molar-refractivity contribution is 5.76. The van der Waals surface area contributed by atoms with Crippen LogP contribution in [0.4, 0.5) is 5.82 Å². The van der Waals surface area contributed by atoms with Crippen LogP contribution >= 0.6 is 0 Å². The van der Waals surface area contributed by atoms with E-state index in [-0.39, 0.29) is 18.4 Å². The van der Waals surface area contributed by atoms with Crippen LogP contribution in [0.1, 0.15) is 76.0 Å². The van der Waals surface area contributed by atoms with Gasteiger partial charge in [0.25, 0.3) is 0 Å². The largest absolute Gasteiger partial charge is 0.481 e. The predicted molar refractivity (Wildman–Crippen MR) is 107 cm³/mol. The molecule has 6 heteroatoms. The number of carboxylic acid groups (broad SMARTS) is 1. The monoisotopic (exact) mass is 375 g/mol. The van der Waals surface area contributed by atoms with Gasteiger partial charge < -0.3 is 15.7 Å². The normalized spacial score (nSPS) is 14.1. The topological polar surface area (TPSA) is 91.3 Å². The van der Waals surface area contributed by atoms with E-state index in [0.717, 1.165) is 69.4 Å². The maximum atomic E-state index is 12.0. The molecule has 6 nitrogen and oxygen atoms in total. The molecule has 0 saturated carbocycles. The maximum Gasteiger partial charge on any atom is 0.303 e. The smallest absolute Gasteiger partial charge is 0.303 e. The molecule has 3 N–H and O–H groups in total. The second-order valence-electron chi connectivity index (χ2n) is 7.39. The minimum atomic E-state index is -0.741. The second kappa shape index (κ2) is 11.6. The molecule has 1 aromatic heterocycles.